The van der Waals surface area contributed by atoms with E-state index in [2.05, 4.69) is 15.9 Å². The summed E-state index contributed by atoms with van der Waals surface area (Å²) in [6.45, 7) is 1.95. The van der Waals surface area contributed by atoms with Crippen molar-refractivity contribution < 1.29 is 9.18 Å². The number of hydrogen-bond donors (Lipinski definition) is 0. The molecule has 0 aliphatic heterocycles. The summed E-state index contributed by atoms with van der Waals surface area (Å²) in [5.41, 5.74) is 1.15. The van der Waals surface area contributed by atoms with Crippen molar-refractivity contribution in [1.82, 2.24) is 0 Å². The minimum absolute atomic E-state index is 0.0769. The first-order chi connectivity index (χ1) is 7.13. The van der Waals surface area contributed by atoms with Crippen LogP contribution in [0, 0.1) is 12.7 Å². The van der Waals surface area contributed by atoms with E-state index < -0.39 is 5.82 Å². The summed E-state index contributed by atoms with van der Waals surface area (Å²) in [7, 11) is 0. The lowest BCUT2D eigenvalue weighted by atomic mass is 10.0. The van der Waals surface area contributed by atoms with Gasteiger partial charge in [-0.2, -0.15) is 0 Å². The van der Waals surface area contributed by atoms with E-state index in [9.17, 15) is 9.18 Å². The average molecular weight is 267 g/mol. The van der Waals surface area contributed by atoms with Gasteiger partial charge in [0, 0.05) is 4.47 Å². The van der Waals surface area contributed by atoms with Crippen LogP contribution in [0.1, 0.15) is 15.9 Å². The Labute approximate surface area is 95.0 Å². The molecule has 0 aromatic heterocycles. The average Bonchev–Trinajstić information content (AvgIpc) is 2.20. The van der Waals surface area contributed by atoms with Crippen LogP contribution >= 0.6 is 15.9 Å². The molecule has 0 fully saturated rings. The molecule has 0 atom stereocenters. The normalized spacial score (nSPS) is 10.6. The second-order valence-electron chi connectivity index (χ2n) is 3.43. The van der Waals surface area contributed by atoms with Crippen molar-refractivity contribution in [2.45, 2.75) is 6.92 Å². The summed E-state index contributed by atoms with van der Waals surface area (Å²) in [5, 5.41) is 1.65. The van der Waals surface area contributed by atoms with Gasteiger partial charge in [0.2, 0.25) is 0 Å². The van der Waals surface area contributed by atoms with Gasteiger partial charge in [-0.1, -0.05) is 23.8 Å². The van der Waals surface area contributed by atoms with Gasteiger partial charge < -0.3 is 0 Å². The van der Waals surface area contributed by atoms with Crippen molar-refractivity contribution in [2.24, 2.45) is 0 Å². The molecule has 0 aliphatic rings. The van der Waals surface area contributed by atoms with E-state index in [0.29, 0.717) is 10.8 Å². The summed E-state index contributed by atoms with van der Waals surface area (Å²) >= 11 is 3.26. The minimum Gasteiger partial charge on any atom is -0.298 e. The number of carbonyl (C=O) groups is 1. The number of carbonyl (C=O) groups excluding carboxylic acids is 1. The highest BCUT2D eigenvalue weighted by Gasteiger charge is 2.10. The summed E-state index contributed by atoms with van der Waals surface area (Å²) < 4.78 is 13.9. The molecular weight excluding hydrogens is 259 g/mol. The number of benzene rings is 2. The van der Waals surface area contributed by atoms with Gasteiger partial charge in [-0.3, -0.25) is 4.79 Å². The lowest BCUT2D eigenvalue weighted by Crippen LogP contribution is -1.91. The first kappa shape index (κ1) is 10.3. The second kappa shape index (κ2) is 3.74. The molecule has 0 spiro atoms. The van der Waals surface area contributed by atoms with E-state index in [1.165, 1.54) is 6.07 Å². The Morgan fingerprint density at radius 1 is 1.33 bits per heavy atom. The largest absolute Gasteiger partial charge is 0.298 e. The standard InChI is InChI=1S/C12H8BrFO/c1-7-2-3-8-5-11(14)10(6-15)12(13)9(8)4-7/h2-6H,1H3. The molecule has 0 N–H and O–H groups in total. The van der Waals surface area contributed by atoms with Gasteiger partial charge in [-0.15, -0.1) is 0 Å². The molecule has 0 unspecified atom stereocenters. The molecule has 0 bridgehead atoms. The zero-order chi connectivity index (χ0) is 11.0. The Morgan fingerprint density at radius 2 is 2.07 bits per heavy atom. The molecule has 76 valence electrons. The third-order valence-electron chi connectivity index (χ3n) is 2.34. The molecule has 0 radical (unpaired) electrons. The Kier molecular flexibility index (Phi) is 2.57. The van der Waals surface area contributed by atoms with E-state index in [-0.39, 0.29) is 5.56 Å². The highest BCUT2D eigenvalue weighted by Crippen LogP contribution is 2.29. The van der Waals surface area contributed by atoms with Gasteiger partial charge in [0.25, 0.3) is 0 Å². The van der Waals surface area contributed by atoms with Crippen LogP contribution in [0.5, 0.6) is 0 Å². The first-order valence-electron chi connectivity index (χ1n) is 4.47. The molecule has 15 heavy (non-hydrogen) atoms. The van der Waals surface area contributed by atoms with Crippen LogP contribution in [-0.4, -0.2) is 6.29 Å². The van der Waals surface area contributed by atoms with Crippen LogP contribution in [0.25, 0.3) is 10.8 Å². The predicted molar refractivity (Wildman–Crippen MR) is 61.7 cm³/mol. The number of fused-ring (bicyclic) bond motifs is 1. The quantitative estimate of drug-likeness (QED) is 0.717. The van der Waals surface area contributed by atoms with Gasteiger partial charge in [0.15, 0.2) is 6.29 Å². The van der Waals surface area contributed by atoms with Crippen LogP contribution in [0.15, 0.2) is 28.7 Å². The molecule has 0 amide bonds. The number of aryl methyl sites for hydroxylation is 1. The monoisotopic (exact) mass is 266 g/mol. The number of hydrogen-bond acceptors (Lipinski definition) is 1. The zero-order valence-electron chi connectivity index (χ0n) is 8.05. The molecule has 0 saturated carbocycles. The molecule has 3 heteroatoms. The SMILES string of the molecule is Cc1ccc2cc(F)c(C=O)c(Br)c2c1. The fourth-order valence-corrected chi connectivity index (χ4v) is 2.18. The van der Waals surface area contributed by atoms with Crippen LogP contribution in [-0.2, 0) is 0 Å². The fraction of sp³-hybridized carbons (Fsp3) is 0.0833. The van der Waals surface area contributed by atoms with Gasteiger partial charge in [0.1, 0.15) is 5.82 Å². The molecule has 2 aromatic rings. The molecule has 2 aromatic carbocycles. The zero-order valence-corrected chi connectivity index (χ0v) is 9.64. The van der Waals surface area contributed by atoms with Crippen LogP contribution in [0.3, 0.4) is 0 Å². The van der Waals surface area contributed by atoms with Crippen LogP contribution in [0.2, 0.25) is 0 Å². The van der Waals surface area contributed by atoms with Crippen molar-refractivity contribution in [3.63, 3.8) is 0 Å². The van der Waals surface area contributed by atoms with E-state index >= 15 is 0 Å². The van der Waals surface area contributed by atoms with E-state index in [1.54, 1.807) is 0 Å². The number of aldehydes is 1. The summed E-state index contributed by atoms with van der Waals surface area (Å²) in [6.07, 6.45) is 0.529. The molecule has 0 heterocycles. The third-order valence-corrected chi connectivity index (χ3v) is 3.19. The van der Waals surface area contributed by atoms with Crippen molar-refractivity contribution in [3.8, 4) is 0 Å². The van der Waals surface area contributed by atoms with Gasteiger partial charge >= 0.3 is 0 Å². The summed E-state index contributed by atoms with van der Waals surface area (Å²) in [6, 6.07) is 7.05. The van der Waals surface area contributed by atoms with Gasteiger partial charge in [-0.25, -0.2) is 4.39 Å². The topological polar surface area (TPSA) is 17.1 Å². The summed E-state index contributed by atoms with van der Waals surface area (Å²) in [4.78, 5) is 10.7. The maximum absolute atomic E-state index is 13.4. The summed E-state index contributed by atoms with van der Waals surface area (Å²) in [5.74, 6) is -0.492. The number of halogens is 2. The fourth-order valence-electron chi connectivity index (χ4n) is 1.56. The van der Waals surface area contributed by atoms with E-state index in [4.69, 9.17) is 0 Å². The van der Waals surface area contributed by atoms with E-state index in [1.807, 2.05) is 25.1 Å². The molecule has 0 aliphatic carbocycles. The van der Waals surface area contributed by atoms with Crippen molar-refractivity contribution in [2.75, 3.05) is 0 Å². The Hall–Kier alpha value is -1.22. The molecule has 2 rings (SSSR count). The van der Waals surface area contributed by atoms with Gasteiger partial charge in [-0.05, 0) is 39.7 Å². The van der Waals surface area contributed by atoms with Crippen molar-refractivity contribution >= 4 is 33.0 Å². The maximum atomic E-state index is 13.4. The molecule has 1 nitrogen and oxygen atoms in total. The van der Waals surface area contributed by atoms with Crippen LogP contribution < -0.4 is 0 Å². The first-order valence-corrected chi connectivity index (χ1v) is 5.26. The second-order valence-corrected chi connectivity index (χ2v) is 4.22. The van der Waals surface area contributed by atoms with Gasteiger partial charge in [0.05, 0.1) is 5.56 Å². The number of rotatable bonds is 1. The van der Waals surface area contributed by atoms with Crippen molar-refractivity contribution in [1.29, 1.82) is 0 Å². The Bertz CT molecular complexity index is 549. The third kappa shape index (κ3) is 1.67. The van der Waals surface area contributed by atoms with E-state index in [0.717, 1.165) is 16.3 Å². The highest BCUT2D eigenvalue weighted by molar-refractivity contribution is 9.10. The smallest absolute Gasteiger partial charge is 0.154 e. The lowest BCUT2D eigenvalue weighted by molar-refractivity contribution is 0.111. The Balaban J connectivity index is 2.92. The maximum Gasteiger partial charge on any atom is 0.154 e. The minimum atomic E-state index is -0.492. The lowest BCUT2D eigenvalue weighted by Gasteiger charge is -2.05. The van der Waals surface area contributed by atoms with Crippen LogP contribution in [0.4, 0.5) is 4.39 Å². The Morgan fingerprint density at radius 3 is 2.73 bits per heavy atom. The van der Waals surface area contributed by atoms with Crippen molar-refractivity contribution in [3.05, 3.63) is 45.7 Å². The molecule has 0 saturated heterocycles. The highest BCUT2D eigenvalue weighted by atomic mass is 79.9. The predicted octanol–water partition coefficient (Wildman–Crippen LogP) is 3.86. The molecular formula is C12H8BrFO.